The third-order valence-corrected chi connectivity index (χ3v) is 6.44. The number of nitrogens with one attached hydrogen (secondary N) is 1. The van der Waals surface area contributed by atoms with Gasteiger partial charge in [0.15, 0.2) is 5.58 Å². The van der Waals surface area contributed by atoms with Gasteiger partial charge in [-0.2, -0.15) is 0 Å². The summed E-state index contributed by atoms with van der Waals surface area (Å²) in [6.07, 6.45) is 0. The van der Waals surface area contributed by atoms with Gasteiger partial charge >= 0.3 is 5.63 Å². The van der Waals surface area contributed by atoms with E-state index < -0.39 is 5.63 Å². The van der Waals surface area contributed by atoms with Crippen LogP contribution in [0.25, 0.3) is 44.7 Å². The second-order valence-corrected chi connectivity index (χ2v) is 8.97. The van der Waals surface area contributed by atoms with Gasteiger partial charge in [0.1, 0.15) is 16.8 Å². The summed E-state index contributed by atoms with van der Waals surface area (Å²) in [5, 5.41) is 4.16. The average molecular weight is 523 g/mol. The number of para-hydroxylation sites is 1. The Morgan fingerprint density at radius 1 is 0.868 bits per heavy atom. The molecule has 6 rings (SSSR count). The van der Waals surface area contributed by atoms with Crippen molar-refractivity contribution in [2.45, 2.75) is 0 Å². The minimum Gasteiger partial charge on any atom is -0.495 e. The third-order valence-electron chi connectivity index (χ3n) is 6.14. The number of amides is 1. The predicted octanol–water partition coefficient (Wildman–Crippen LogP) is 7.18. The predicted molar refractivity (Wildman–Crippen MR) is 147 cm³/mol. The summed E-state index contributed by atoms with van der Waals surface area (Å²) in [6.45, 7) is 0. The number of oxazole rings is 1. The molecular weight excluding hydrogens is 504 g/mol. The molecule has 0 bridgehead atoms. The van der Waals surface area contributed by atoms with Crippen molar-refractivity contribution in [1.82, 2.24) is 4.98 Å². The number of rotatable bonds is 5. The Balaban J connectivity index is 1.22. The number of carbonyl (C=O) groups excluding carboxylic acids is 1. The molecule has 8 heteroatoms. The van der Waals surface area contributed by atoms with Crippen molar-refractivity contribution >= 4 is 45.3 Å². The molecule has 4 aromatic carbocycles. The highest BCUT2D eigenvalue weighted by Gasteiger charge is 2.14. The number of hydrogen-bond donors (Lipinski definition) is 1. The number of fused-ring (bicyclic) bond motifs is 2. The second kappa shape index (κ2) is 9.53. The minimum absolute atomic E-state index is 0.299. The molecule has 1 amide bonds. The number of carbonyl (C=O) groups is 1. The van der Waals surface area contributed by atoms with Gasteiger partial charge in [0.25, 0.3) is 5.91 Å². The van der Waals surface area contributed by atoms with Gasteiger partial charge < -0.3 is 18.9 Å². The van der Waals surface area contributed by atoms with Crippen LogP contribution in [0.3, 0.4) is 0 Å². The van der Waals surface area contributed by atoms with Crippen molar-refractivity contribution in [3.63, 3.8) is 0 Å². The molecule has 0 atom stereocenters. The van der Waals surface area contributed by atoms with E-state index in [1.54, 1.807) is 73.8 Å². The molecule has 0 saturated heterocycles. The molecule has 2 heterocycles. The summed E-state index contributed by atoms with van der Waals surface area (Å²) in [5.41, 5.74) is 4.06. The molecular formula is C30H19ClN2O5. The van der Waals surface area contributed by atoms with E-state index in [-0.39, 0.29) is 5.91 Å². The molecule has 0 fully saturated rings. The zero-order chi connectivity index (χ0) is 26.2. The highest BCUT2D eigenvalue weighted by Crippen LogP contribution is 2.32. The molecule has 0 radical (unpaired) electrons. The molecule has 186 valence electrons. The number of ether oxygens (including phenoxy) is 1. The van der Waals surface area contributed by atoms with Crippen LogP contribution in [0.4, 0.5) is 5.69 Å². The summed E-state index contributed by atoms with van der Waals surface area (Å²) < 4.78 is 16.5. The van der Waals surface area contributed by atoms with E-state index in [9.17, 15) is 9.59 Å². The van der Waals surface area contributed by atoms with Gasteiger partial charge in [0.05, 0.1) is 17.7 Å². The fourth-order valence-corrected chi connectivity index (χ4v) is 4.45. The Hall–Kier alpha value is -4.88. The molecule has 1 N–H and O–H groups in total. The Labute approximate surface area is 221 Å². The van der Waals surface area contributed by atoms with Gasteiger partial charge in [-0.05, 0) is 66.2 Å². The van der Waals surface area contributed by atoms with E-state index in [1.165, 1.54) is 0 Å². The quantitative estimate of drug-likeness (QED) is 0.241. The lowest BCUT2D eigenvalue weighted by molar-refractivity contribution is 0.102. The monoisotopic (exact) mass is 522 g/mol. The maximum Gasteiger partial charge on any atom is 0.344 e. The standard InChI is InChI=1S/C30H19ClN2O5/c1-36-26-12-10-20(15-23(26)31)29-33-24-16-21(11-13-27(24)37-29)32-28(34)18-8-6-17(7-9-18)22-14-19-4-2-3-5-25(19)38-30(22)35/h2-16H,1H3,(H,32,34). The van der Waals surface area contributed by atoms with Crippen molar-refractivity contribution in [2.75, 3.05) is 12.4 Å². The van der Waals surface area contributed by atoms with Crippen LogP contribution in [0.15, 0.2) is 105 Å². The van der Waals surface area contributed by atoms with Crippen LogP contribution in [0.2, 0.25) is 5.02 Å². The largest absolute Gasteiger partial charge is 0.495 e. The first-order valence-electron chi connectivity index (χ1n) is 11.7. The van der Waals surface area contributed by atoms with Crippen LogP contribution in [0.5, 0.6) is 5.75 Å². The van der Waals surface area contributed by atoms with Crippen LogP contribution in [-0.2, 0) is 0 Å². The lowest BCUT2D eigenvalue weighted by Gasteiger charge is -2.07. The maximum atomic E-state index is 12.9. The van der Waals surface area contributed by atoms with Gasteiger partial charge in [-0.1, -0.05) is 41.9 Å². The fourth-order valence-electron chi connectivity index (χ4n) is 4.20. The van der Waals surface area contributed by atoms with Gasteiger partial charge in [-0.3, -0.25) is 4.79 Å². The van der Waals surface area contributed by atoms with E-state index in [0.29, 0.717) is 61.3 Å². The lowest BCUT2D eigenvalue weighted by atomic mass is 10.0. The second-order valence-electron chi connectivity index (χ2n) is 8.57. The fraction of sp³-hybridized carbons (Fsp3) is 0.0333. The first-order valence-corrected chi connectivity index (χ1v) is 12.1. The number of benzene rings is 4. The molecule has 0 spiro atoms. The van der Waals surface area contributed by atoms with Crippen LogP contribution in [0.1, 0.15) is 10.4 Å². The summed E-state index contributed by atoms with van der Waals surface area (Å²) >= 11 is 6.23. The summed E-state index contributed by atoms with van der Waals surface area (Å²) in [6, 6.07) is 26.4. The molecule has 0 aliphatic rings. The third kappa shape index (κ3) is 4.40. The average Bonchev–Trinajstić information content (AvgIpc) is 3.36. The van der Waals surface area contributed by atoms with Crippen molar-refractivity contribution < 1.29 is 18.4 Å². The topological polar surface area (TPSA) is 94.6 Å². The minimum atomic E-state index is -0.432. The number of methoxy groups -OCH3 is 1. The Kier molecular flexibility index (Phi) is 5.90. The molecule has 6 aromatic rings. The van der Waals surface area contributed by atoms with E-state index >= 15 is 0 Å². The highest BCUT2D eigenvalue weighted by molar-refractivity contribution is 6.32. The van der Waals surface area contributed by atoms with Gasteiger partial charge in [-0.15, -0.1) is 0 Å². The molecule has 0 saturated carbocycles. The van der Waals surface area contributed by atoms with Crippen LogP contribution < -0.4 is 15.7 Å². The molecule has 0 unspecified atom stereocenters. The molecule has 38 heavy (non-hydrogen) atoms. The van der Waals surface area contributed by atoms with E-state index in [2.05, 4.69) is 10.3 Å². The van der Waals surface area contributed by atoms with E-state index in [0.717, 1.165) is 5.39 Å². The van der Waals surface area contributed by atoms with Crippen LogP contribution in [0, 0.1) is 0 Å². The first kappa shape index (κ1) is 23.5. The number of aromatic nitrogens is 1. The van der Waals surface area contributed by atoms with Crippen molar-refractivity contribution in [3.8, 4) is 28.3 Å². The van der Waals surface area contributed by atoms with Gasteiger partial charge in [0.2, 0.25) is 5.89 Å². The molecule has 7 nitrogen and oxygen atoms in total. The maximum absolute atomic E-state index is 12.9. The van der Waals surface area contributed by atoms with Gasteiger partial charge in [-0.25, -0.2) is 9.78 Å². The molecule has 0 aliphatic carbocycles. The number of anilines is 1. The Bertz CT molecular complexity index is 1890. The Morgan fingerprint density at radius 2 is 1.66 bits per heavy atom. The number of nitrogens with zero attached hydrogens (tertiary/aromatic N) is 1. The molecule has 2 aromatic heterocycles. The SMILES string of the molecule is COc1ccc(-c2nc3cc(NC(=O)c4ccc(-c5cc6ccccc6oc5=O)cc4)ccc3o2)cc1Cl. The molecule has 0 aliphatic heterocycles. The number of hydrogen-bond acceptors (Lipinski definition) is 6. The number of halogens is 1. The summed E-state index contributed by atoms with van der Waals surface area (Å²) in [5.74, 6) is 0.666. The smallest absolute Gasteiger partial charge is 0.344 e. The normalized spacial score (nSPS) is 11.1. The summed E-state index contributed by atoms with van der Waals surface area (Å²) in [7, 11) is 1.55. The summed E-state index contributed by atoms with van der Waals surface area (Å²) in [4.78, 5) is 29.9. The van der Waals surface area contributed by atoms with Crippen molar-refractivity contribution in [1.29, 1.82) is 0 Å². The van der Waals surface area contributed by atoms with E-state index in [4.69, 9.17) is 25.2 Å². The van der Waals surface area contributed by atoms with Crippen LogP contribution in [-0.4, -0.2) is 18.0 Å². The highest BCUT2D eigenvalue weighted by atomic mass is 35.5. The lowest BCUT2D eigenvalue weighted by Crippen LogP contribution is -2.11. The van der Waals surface area contributed by atoms with E-state index in [1.807, 2.05) is 24.3 Å². The Morgan fingerprint density at radius 3 is 2.45 bits per heavy atom. The zero-order valence-electron chi connectivity index (χ0n) is 20.0. The van der Waals surface area contributed by atoms with Gasteiger partial charge in [0, 0.05) is 22.2 Å². The first-order chi connectivity index (χ1) is 18.5. The van der Waals surface area contributed by atoms with Crippen molar-refractivity contribution in [2.24, 2.45) is 0 Å². The zero-order valence-corrected chi connectivity index (χ0v) is 20.8. The van der Waals surface area contributed by atoms with Crippen LogP contribution >= 0.6 is 11.6 Å². The van der Waals surface area contributed by atoms with Crippen molar-refractivity contribution in [3.05, 3.63) is 112 Å².